The van der Waals surface area contributed by atoms with E-state index in [4.69, 9.17) is 5.73 Å². The molecule has 0 unspecified atom stereocenters. The number of nitrogens with two attached hydrogens (primary N) is 1. The average Bonchev–Trinajstić information content (AvgIpc) is 2.88. The van der Waals surface area contributed by atoms with Crippen molar-refractivity contribution in [3.05, 3.63) is 88.5 Å². The maximum Gasteiger partial charge on any atom is 0.435 e. The van der Waals surface area contributed by atoms with Gasteiger partial charge in [0.25, 0.3) is 11.8 Å². The summed E-state index contributed by atoms with van der Waals surface area (Å²) in [5.41, 5.74) is -1.65. The van der Waals surface area contributed by atoms with Crippen molar-refractivity contribution in [2.45, 2.75) is 38.3 Å². The van der Waals surface area contributed by atoms with Crippen LogP contribution in [-0.4, -0.2) is 36.6 Å². The molecule has 4 N–H and O–H groups in total. The number of benzene rings is 3. The summed E-state index contributed by atoms with van der Waals surface area (Å²) in [5, 5.41) is 5.03. The molecule has 0 aromatic heterocycles. The van der Waals surface area contributed by atoms with E-state index in [1.54, 1.807) is 24.3 Å². The third-order valence-corrected chi connectivity index (χ3v) is 6.21. The molecule has 0 spiro atoms. The van der Waals surface area contributed by atoms with Crippen LogP contribution in [-0.2, 0) is 10.5 Å². The molecule has 0 radical (unpaired) electrons. The number of anilines is 1. The van der Waals surface area contributed by atoms with Gasteiger partial charge in [-0.1, -0.05) is 42.5 Å². The van der Waals surface area contributed by atoms with E-state index in [0.29, 0.717) is 23.3 Å². The van der Waals surface area contributed by atoms with Gasteiger partial charge in [0.05, 0.1) is 0 Å². The minimum atomic E-state index is -6.28. The molecule has 0 saturated carbocycles. The van der Waals surface area contributed by atoms with Gasteiger partial charge in [-0.25, -0.2) is 4.39 Å². The maximum atomic E-state index is 14.6. The number of alkyl halides is 7. The van der Waals surface area contributed by atoms with Crippen LogP contribution in [0.3, 0.4) is 0 Å². The summed E-state index contributed by atoms with van der Waals surface area (Å²) in [6.07, 6.45) is -12.6. The molecule has 6 nitrogen and oxygen atoms in total. The van der Waals surface area contributed by atoms with E-state index >= 15 is 0 Å². The van der Waals surface area contributed by atoms with Crippen LogP contribution in [0, 0.1) is 13.8 Å². The number of primary amides is 1. The van der Waals surface area contributed by atoms with Crippen molar-refractivity contribution in [3.63, 3.8) is 0 Å². The molecule has 0 saturated heterocycles. The number of nitrogens with one attached hydrogen (secondary N) is 2. The van der Waals surface area contributed by atoms with Gasteiger partial charge in [0.2, 0.25) is 5.91 Å². The minimum Gasteiger partial charge on any atom is -0.370 e. The van der Waals surface area contributed by atoms with Crippen LogP contribution in [0.5, 0.6) is 0 Å². The highest BCUT2D eigenvalue weighted by Gasteiger charge is 2.73. The molecule has 0 heterocycles. The Hall–Kier alpha value is -4.42. The lowest BCUT2D eigenvalue weighted by molar-refractivity contribution is -0.348. The molecule has 0 bridgehead atoms. The Morgan fingerprint density at radius 2 is 1.37 bits per heavy atom. The van der Waals surface area contributed by atoms with Crippen LogP contribution in [0.15, 0.2) is 60.7 Å². The molecule has 3 rings (SSSR count). The normalized spacial score (nSPS) is 12.1. The predicted octanol–water partition coefficient (Wildman–Crippen LogP) is 6.12. The molecule has 3 aromatic rings. The summed E-state index contributed by atoms with van der Waals surface area (Å²) in [4.78, 5) is 36.6. The number of aryl methyl sites for hydroxylation is 2. The number of carbonyl (C=O) groups is 3. The molecule has 3 aromatic carbocycles. The number of amides is 3. The highest BCUT2D eigenvalue weighted by Crippen LogP contribution is 2.53. The Bertz CT molecular complexity index is 1450. The number of rotatable bonds is 8. The molecule has 3 amide bonds. The van der Waals surface area contributed by atoms with Crippen molar-refractivity contribution in [3.8, 4) is 11.1 Å². The van der Waals surface area contributed by atoms with Gasteiger partial charge in [-0.3, -0.25) is 14.4 Å². The van der Waals surface area contributed by atoms with E-state index in [9.17, 15) is 45.1 Å². The lowest BCUT2D eigenvalue weighted by Crippen LogP contribution is -2.50. The molecule has 0 atom stereocenters. The maximum absolute atomic E-state index is 14.6. The molecule has 0 aliphatic rings. The highest BCUT2D eigenvalue weighted by molar-refractivity contribution is 6.09. The van der Waals surface area contributed by atoms with Gasteiger partial charge in [0.15, 0.2) is 0 Å². The molecule has 0 fully saturated rings. The lowest BCUT2D eigenvalue weighted by Gasteiger charge is -2.31. The van der Waals surface area contributed by atoms with Gasteiger partial charge >= 0.3 is 18.0 Å². The zero-order valence-corrected chi connectivity index (χ0v) is 21.6. The second kappa shape index (κ2) is 11.6. The Balaban J connectivity index is 1.95. The molecule has 13 heteroatoms. The molecular weight excluding hydrogens is 559 g/mol. The summed E-state index contributed by atoms with van der Waals surface area (Å²) in [5.74, 6) is -1.85. The number of halogens is 7. The van der Waals surface area contributed by atoms with Crippen LogP contribution < -0.4 is 16.4 Å². The summed E-state index contributed by atoms with van der Waals surface area (Å²) in [6.45, 7) is 2.31. The molecular formula is C28H24F7N3O3. The third kappa shape index (κ3) is 6.50. The quantitative estimate of drug-likeness (QED) is 0.279. The van der Waals surface area contributed by atoms with Crippen LogP contribution in [0.1, 0.15) is 43.8 Å². The third-order valence-electron chi connectivity index (χ3n) is 6.21. The first-order valence-electron chi connectivity index (χ1n) is 12.0. The Kier molecular flexibility index (Phi) is 8.80. The van der Waals surface area contributed by atoms with Gasteiger partial charge in [0.1, 0.15) is 0 Å². The Morgan fingerprint density at radius 1 is 0.780 bits per heavy atom. The first-order valence-corrected chi connectivity index (χ1v) is 12.0. The smallest absolute Gasteiger partial charge is 0.370 e. The minimum absolute atomic E-state index is 0.0182. The van der Waals surface area contributed by atoms with Crippen LogP contribution in [0.2, 0.25) is 0 Å². The lowest BCUT2D eigenvalue weighted by atomic mass is 9.90. The van der Waals surface area contributed by atoms with Gasteiger partial charge in [-0.15, -0.1) is 0 Å². The van der Waals surface area contributed by atoms with Crippen molar-refractivity contribution < 1.29 is 45.1 Å². The summed E-state index contributed by atoms with van der Waals surface area (Å²) < 4.78 is 94.1. The standard InChI is InChI=1S/C28H24F7N3O3/c1-15-12-19(26(29,27(30,31)32)28(33,34)35)13-16(2)23(15)38-25(41)21-9-4-3-8-20(21)17-6-5-7-18(14-17)24(40)37-11-10-22(36)39/h3-9,12-14H,10-11H2,1-2H3,(H2,36,39)(H,37,40)(H,38,41). The monoisotopic (exact) mass is 583 g/mol. The highest BCUT2D eigenvalue weighted by atomic mass is 19.4. The van der Waals surface area contributed by atoms with Crippen molar-refractivity contribution in [2.75, 3.05) is 11.9 Å². The van der Waals surface area contributed by atoms with E-state index in [2.05, 4.69) is 10.6 Å². The average molecular weight is 584 g/mol. The number of hydrogen-bond acceptors (Lipinski definition) is 3. The summed E-state index contributed by atoms with van der Waals surface area (Å²) in [7, 11) is 0. The van der Waals surface area contributed by atoms with E-state index in [1.807, 2.05) is 0 Å². The van der Waals surface area contributed by atoms with Crippen LogP contribution in [0.25, 0.3) is 11.1 Å². The SMILES string of the molecule is Cc1cc(C(F)(C(F)(F)F)C(F)(F)F)cc(C)c1NC(=O)c1ccccc1-c1cccc(C(=O)NCCC(N)=O)c1. The molecule has 0 aliphatic carbocycles. The van der Waals surface area contributed by atoms with Crippen LogP contribution in [0.4, 0.5) is 36.4 Å². The fourth-order valence-electron chi connectivity index (χ4n) is 4.19. The zero-order valence-electron chi connectivity index (χ0n) is 21.6. The summed E-state index contributed by atoms with van der Waals surface area (Å²) in [6, 6.07) is 13.1. The summed E-state index contributed by atoms with van der Waals surface area (Å²) >= 11 is 0. The first kappa shape index (κ1) is 31.1. The number of carbonyl (C=O) groups excluding carboxylic acids is 3. The molecule has 218 valence electrons. The zero-order chi connectivity index (χ0) is 30.8. The largest absolute Gasteiger partial charge is 0.435 e. The van der Waals surface area contributed by atoms with Gasteiger partial charge in [-0.05, 0) is 54.3 Å². The van der Waals surface area contributed by atoms with Crippen molar-refractivity contribution in [2.24, 2.45) is 5.73 Å². The van der Waals surface area contributed by atoms with Crippen molar-refractivity contribution in [1.29, 1.82) is 0 Å². The van der Waals surface area contributed by atoms with Crippen molar-refractivity contribution >= 4 is 23.4 Å². The fourth-order valence-corrected chi connectivity index (χ4v) is 4.19. The first-order chi connectivity index (χ1) is 19.0. The second-order valence-electron chi connectivity index (χ2n) is 9.19. The van der Waals surface area contributed by atoms with E-state index in [1.165, 1.54) is 24.3 Å². The molecule has 0 aliphatic heterocycles. The Labute approximate surface area is 229 Å². The van der Waals surface area contributed by atoms with Gasteiger partial charge in [-0.2, -0.15) is 26.3 Å². The van der Waals surface area contributed by atoms with E-state index in [0.717, 1.165) is 13.8 Å². The number of hydrogen-bond donors (Lipinski definition) is 3. The van der Waals surface area contributed by atoms with Gasteiger partial charge < -0.3 is 16.4 Å². The van der Waals surface area contributed by atoms with Gasteiger partial charge in [0, 0.05) is 35.3 Å². The van der Waals surface area contributed by atoms with Crippen molar-refractivity contribution in [1.82, 2.24) is 5.32 Å². The molecule has 41 heavy (non-hydrogen) atoms. The topological polar surface area (TPSA) is 101 Å². The fraction of sp³-hybridized carbons (Fsp3) is 0.250. The Morgan fingerprint density at radius 3 is 1.93 bits per heavy atom. The van der Waals surface area contributed by atoms with E-state index < -0.39 is 41.3 Å². The van der Waals surface area contributed by atoms with Crippen LogP contribution >= 0.6 is 0 Å². The second-order valence-corrected chi connectivity index (χ2v) is 9.19. The van der Waals surface area contributed by atoms with E-state index in [-0.39, 0.29) is 40.9 Å². The predicted molar refractivity (Wildman–Crippen MR) is 137 cm³/mol.